The molecule has 0 aliphatic heterocycles. The van der Waals surface area contributed by atoms with Gasteiger partial charge in [-0.25, -0.2) is 0 Å². The minimum atomic E-state index is 0.754. The summed E-state index contributed by atoms with van der Waals surface area (Å²) in [5.74, 6) is 0. The van der Waals surface area contributed by atoms with Gasteiger partial charge in [0.1, 0.15) is 0 Å². The maximum atomic E-state index is 5.36. The molecule has 0 atom stereocenters. The topological polar surface area (TPSA) is 37.4 Å². The van der Waals surface area contributed by atoms with Crippen LogP contribution in [0.5, 0.6) is 0 Å². The third kappa shape index (κ3) is 21.7. The predicted octanol–water partition coefficient (Wildman–Crippen LogP) is 3.98. The molecule has 0 aliphatic rings. The van der Waals surface area contributed by atoms with Gasteiger partial charge in [0.15, 0.2) is 0 Å². The molecule has 6 nitrogen and oxygen atoms in total. The summed E-state index contributed by atoms with van der Waals surface area (Å²) in [5.41, 5.74) is 0. The number of rotatable bonds is 16. The minimum absolute atomic E-state index is 0.754. The molecule has 0 spiro atoms. The maximum absolute atomic E-state index is 5.36. The summed E-state index contributed by atoms with van der Waals surface area (Å²) >= 11 is 0. The third-order valence-electron chi connectivity index (χ3n) is 3.40. The molecule has 0 saturated heterocycles. The van der Waals surface area contributed by atoms with Gasteiger partial charge in [-0.2, -0.15) is 15.2 Å². The van der Waals surface area contributed by atoms with Crippen molar-refractivity contribution in [3.05, 3.63) is 0 Å². The molecule has 0 aromatic rings. The van der Waals surface area contributed by atoms with E-state index in [4.69, 9.17) is 14.5 Å². The molecular weight excluding hydrogens is 318 g/mol. The summed E-state index contributed by atoms with van der Waals surface area (Å²) in [7, 11) is 3.96. The molecule has 0 N–H and O–H groups in total. The van der Waals surface area contributed by atoms with Crippen LogP contribution in [0.1, 0.15) is 66.7 Å². The standard InChI is InChI=1S/C11H26N2O2.C8H19NO/c1-5-14-12(3)10-8-7-9-11-13(4)15-6-2;1-4-7-9(8-5-2)10-6-3/h5-11H2,1-4H3;4-8H2,1-3H3. The van der Waals surface area contributed by atoms with Crippen LogP contribution in [0, 0.1) is 0 Å². The van der Waals surface area contributed by atoms with E-state index >= 15 is 0 Å². The molecule has 0 aromatic carbocycles. The number of unbranched alkanes of at least 4 members (excludes halogenated alkanes) is 2. The fraction of sp³-hybridized carbons (Fsp3) is 1.00. The van der Waals surface area contributed by atoms with E-state index in [0.717, 1.165) is 46.0 Å². The molecule has 0 radical (unpaired) electrons. The highest BCUT2D eigenvalue weighted by atomic mass is 16.7. The molecule has 0 unspecified atom stereocenters. The van der Waals surface area contributed by atoms with E-state index < -0.39 is 0 Å². The molecule has 25 heavy (non-hydrogen) atoms. The number of hydrogen-bond acceptors (Lipinski definition) is 6. The van der Waals surface area contributed by atoms with Crippen LogP contribution in [-0.4, -0.2) is 75.3 Å². The first-order valence-electron chi connectivity index (χ1n) is 10.1. The highest BCUT2D eigenvalue weighted by Gasteiger charge is 2.00. The Bertz CT molecular complexity index is 218. The van der Waals surface area contributed by atoms with Crippen molar-refractivity contribution in [1.82, 2.24) is 15.2 Å². The minimum Gasteiger partial charge on any atom is -0.300 e. The number of hydroxylamine groups is 6. The molecule has 0 heterocycles. The lowest BCUT2D eigenvalue weighted by molar-refractivity contribution is -0.154. The van der Waals surface area contributed by atoms with Crippen LogP contribution in [0.25, 0.3) is 0 Å². The van der Waals surface area contributed by atoms with E-state index in [1.807, 2.05) is 50.1 Å². The van der Waals surface area contributed by atoms with Crippen molar-refractivity contribution >= 4 is 0 Å². The van der Waals surface area contributed by atoms with E-state index in [1.165, 1.54) is 32.1 Å². The monoisotopic (exact) mass is 363 g/mol. The summed E-state index contributed by atoms with van der Waals surface area (Å²) in [4.78, 5) is 16.0. The highest BCUT2D eigenvalue weighted by Crippen LogP contribution is 2.00. The van der Waals surface area contributed by atoms with Crippen molar-refractivity contribution in [2.75, 3.05) is 60.1 Å². The maximum Gasteiger partial charge on any atom is 0.0656 e. The molecule has 0 amide bonds. The zero-order chi connectivity index (χ0) is 19.3. The van der Waals surface area contributed by atoms with Crippen LogP contribution in [0.4, 0.5) is 0 Å². The van der Waals surface area contributed by atoms with Gasteiger partial charge in [-0.15, -0.1) is 0 Å². The molecule has 0 aromatic heterocycles. The lowest BCUT2D eigenvalue weighted by Crippen LogP contribution is -2.25. The zero-order valence-corrected chi connectivity index (χ0v) is 18.1. The summed E-state index contributed by atoms with van der Waals surface area (Å²) in [6.07, 6.45) is 5.90. The Kier molecular flexibility index (Phi) is 23.5. The van der Waals surface area contributed by atoms with Gasteiger partial charge in [0.05, 0.1) is 19.8 Å². The van der Waals surface area contributed by atoms with E-state index in [1.54, 1.807) is 0 Å². The van der Waals surface area contributed by atoms with Crippen LogP contribution in [0.3, 0.4) is 0 Å². The molecule has 0 bridgehead atoms. The molecule has 0 fully saturated rings. The fourth-order valence-corrected chi connectivity index (χ4v) is 2.34. The van der Waals surface area contributed by atoms with Gasteiger partial charge < -0.3 is 0 Å². The van der Waals surface area contributed by atoms with Crippen LogP contribution in [-0.2, 0) is 14.5 Å². The van der Waals surface area contributed by atoms with Crippen molar-refractivity contribution in [1.29, 1.82) is 0 Å². The van der Waals surface area contributed by atoms with Crippen molar-refractivity contribution in [3.63, 3.8) is 0 Å². The first-order chi connectivity index (χ1) is 12.0. The SMILES string of the molecule is CCCN(CCC)OCC.CCON(C)CCCCCN(C)OCC. The number of hydrogen-bond donors (Lipinski definition) is 0. The lowest BCUT2D eigenvalue weighted by atomic mass is 10.2. The number of nitrogens with zero attached hydrogens (tertiary/aromatic N) is 3. The molecule has 154 valence electrons. The zero-order valence-electron chi connectivity index (χ0n) is 18.1. The Hall–Kier alpha value is -0.240. The summed E-state index contributed by atoms with van der Waals surface area (Å²) in [5, 5.41) is 5.86. The average molecular weight is 364 g/mol. The predicted molar refractivity (Wildman–Crippen MR) is 106 cm³/mol. The van der Waals surface area contributed by atoms with Gasteiger partial charge in [-0.1, -0.05) is 20.3 Å². The average Bonchev–Trinajstić information content (AvgIpc) is 2.56. The fourth-order valence-electron chi connectivity index (χ4n) is 2.34. The van der Waals surface area contributed by atoms with E-state index in [2.05, 4.69) is 13.8 Å². The summed E-state index contributed by atoms with van der Waals surface area (Å²) in [6.45, 7) is 16.8. The first kappa shape index (κ1) is 27.0. The molecular formula is C19H45N3O3. The van der Waals surface area contributed by atoms with Gasteiger partial charge in [0.2, 0.25) is 0 Å². The van der Waals surface area contributed by atoms with E-state index in [-0.39, 0.29) is 0 Å². The first-order valence-corrected chi connectivity index (χ1v) is 10.1. The molecule has 6 heteroatoms. The van der Waals surface area contributed by atoms with Crippen LogP contribution < -0.4 is 0 Å². The van der Waals surface area contributed by atoms with Crippen molar-refractivity contribution in [3.8, 4) is 0 Å². The third-order valence-corrected chi connectivity index (χ3v) is 3.40. The largest absolute Gasteiger partial charge is 0.300 e. The molecule has 0 saturated carbocycles. The second-order valence-corrected chi connectivity index (χ2v) is 5.95. The Labute approximate surface area is 157 Å². The van der Waals surface area contributed by atoms with Gasteiger partial charge in [-0.3, -0.25) is 14.5 Å². The Balaban J connectivity index is 0. The second-order valence-electron chi connectivity index (χ2n) is 5.95. The van der Waals surface area contributed by atoms with Gasteiger partial charge in [-0.05, 0) is 46.5 Å². The molecule has 0 rings (SSSR count). The van der Waals surface area contributed by atoms with E-state index in [9.17, 15) is 0 Å². The normalized spacial score (nSPS) is 11.3. The van der Waals surface area contributed by atoms with Crippen molar-refractivity contribution < 1.29 is 14.5 Å². The van der Waals surface area contributed by atoms with Crippen LogP contribution in [0.2, 0.25) is 0 Å². The Morgan fingerprint density at radius 3 is 1.24 bits per heavy atom. The van der Waals surface area contributed by atoms with Gasteiger partial charge in [0.25, 0.3) is 0 Å². The van der Waals surface area contributed by atoms with Gasteiger partial charge in [0, 0.05) is 40.3 Å². The van der Waals surface area contributed by atoms with E-state index in [0.29, 0.717) is 0 Å². The summed E-state index contributed by atoms with van der Waals surface area (Å²) < 4.78 is 0. The van der Waals surface area contributed by atoms with Crippen molar-refractivity contribution in [2.24, 2.45) is 0 Å². The Morgan fingerprint density at radius 2 is 0.920 bits per heavy atom. The van der Waals surface area contributed by atoms with Crippen molar-refractivity contribution in [2.45, 2.75) is 66.7 Å². The van der Waals surface area contributed by atoms with Gasteiger partial charge >= 0.3 is 0 Å². The smallest absolute Gasteiger partial charge is 0.0656 e. The Morgan fingerprint density at radius 1 is 0.520 bits per heavy atom. The summed E-state index contributed by atoms with van der Waals surface area (Å²) in [6, 6.07) is 0. The van der Waals surface area contributed by atoms with Crippen LogP contribution in [0.15, 0.2) is 0 Å². The quantitative estimate of drug-likeness (QED) is 0.305. The molecule has 0 aliphatic carbocycles. The van der Waals surface area contributed by atoms with Crippen LogP contribution >= 0.6 is 0 Å². The second kappa shape index (κ2) is 21.8. The lowest BCUT2D eigenvalue weighted by Gasteiger charge is -2.18. The highest BCUT2D eigenvalue weighted by molar-refractivity contribution is 4.46.